The van der Waals surface area contributed by atoms with E-state index in [1.54, 1.807) is 0 Å². The molecule has 1 saturated heterocycles. The quantitative estimate of drug-likeness (QED) is 0.651. The zero-order chi connectivity index (χ0) is 15.6. The van der Waals surface area contributed by atoms with Crippen molar-refractivity contribution in [3.8, 4) is 0 Å². The smallest absolute Gasteiger partial charge is 0.0127 e. The molecule has 0 bridgehead atoms. The standard InChI is InChI=1S/C22H25N/c1-23-15-7-6-10-19(23)13-14-22-20-11-4-2-8-17(20)16-18-9-3-5-12-21(18)22/h2-5,8-9,11-12,14,19H,6-7,10,13,15-16H2,1H3/t19-/m1/s1. The molecule has 0 N–H and O–H groups in total. The van der Waals surface area contributed by atoms with Crippen LogP contribution in [0.3, 0.4) is 0 Å². The fourth-order valence-electron chi connectivity index (χ4n) is 4.14. The summed E-state index contributed by atoms with van der Waals surface area (Å²) < 4.78 is 0. The van der Waals surface area contributed by atoms with Crippen molar-refractivity contribution in [1.29, 1.82) is 0 Å². The summed E-state index contributed by atoms with van der Waals surface area (Å²) in [6, 6.07) is 18.5. The van der Waals surface area contributed by atoms with Gasteiger partial charge in [0.05, 0.1) is 0 Å². The minimum Gasteiger partial charge on any atom is -0.303 e. The average Bonchev–Trinajstić information content (AvgIpc) is 2.60. The van der Waals surface area contributed by atoms with Crippen LogP contribution in [0.4, 0.5) is 0 Å². The number of hydrogen-bond acceptors (Lipinski definition) is 1. The second-order valence-corrected chi connectivity index (χ2v) is 6.97. The Hall–Kier alpha value is -1.86. The van der Waals surface area contributed by atoms with Crippen LogP contribution in [-0.2, 0) is 6.42 Å². The van der Waals surface area contributed by atoms with Gasteiger partial charge in [-0.1, -0.05) is 61.0 Å². The van der Waals surface area contributed by atoms with Crippen LogP contribution in [0, 0.1) is 0 Å². The summed E-state index contributed by atoms with van der Waals surface area (Å²) in [6.07, 6.45) is 8.80. The Morgan fingerprint density at radius 2 is 1.61 bits per heavy atom. The lowest BCUT2D eigenvalue weighted by atomic mass is 9.81. The second-order valence-electron chi connectivity index (χ2n) is 6.97. The van der Waals surface area contributed by atoms with E-state index in [4.69, 9.17) is 0 Å². The Kier molecular flexibility index (Phi) is 4.05. The first-order chi connectivity index (χ1) is 11.3. The van der Waals surface area contributed by atoms with Crippen molar-refractivity contribution in [2.45, 2.75) is 38.1 Å². The Bertz CT molecular complexity index is 681. The maximum atomic E-state index is 2.54. The van der Waals surface area contributed by atoms with E-state index < -0.39 is 0 Å². The number of fused-ring (bicyclic) bond motifs is 2. The Labute approximate surface area is 139 Å². The molecule has 1 atom stereocenters. The third-order valence-corrected chi connectivity index (χ3v) is 5.51. The van der Waals surface area contributed by atoms with E-state index in [0.29, 0.717) is 6.04 Å². The van der Waals surface area contributed by atoms with Crippen LogP contribution < -0.4 is 0 Å². The molecule has 0 unspecified atom stereocenters. The van der Waals surface area contributed by atoms with Gasteiger partial charge in [0.25, 0.3) is 0 Å². The third-order valence-electron chi connectivity index (χ3n) is 5.51. The molecule has 2 aromatic rings. The summed E-state index contributed by atoms with van der Waals surface area (Å²) >= 11 is 0. The van der Waals surface area contributed by atoms with Gasteiger partial charge in [-0.15, -0.1) is 0 Å². The first kappa shape index (κ1) is 14.7. The fraction of sp³-hybridized carbons (Fsp3) is 0.364. The zero-order valence-corrected chi connectivity index (χ0v) is 14.0. The van der Waals surface area contributed by atoms with Gasteiger partial charge in [0.1, 0.15) is 0 Å². The summed E-state index contributed by atoms with van der Waals surface area (Å²) in [5, 5.41) is 0. The molecule has 23 heavy (non-hydrogen) atoms. The summed E-state index contributed by atoms with van der Waals surface area (Å²) in [7, 11) is 2.28. The monoisotopic (exact) mass is 303 g/mol. The number of benzene rings is 2. The fourth-order valence-corrected chi connectivity index (χ4v) is 4.14. The molecular formula is C22H25N. The summed E-state index contributed by atoms with van der Waals surface area (Å²) in [5.74, 6) is 0. The molecule has 1 heteroatoms. The largest absolute Gasteiger partial charge is 0.303 e. The van der Waals surface area contributed by atoms with Crippen molar-refractivity contribution in [3.63, 3.8) is 0 Å². The molecule has 1 aliphatic heterocycles. The van der Waals surface area contributed by atoms with Crippen LogP contribution in [0.15, 0.2) is 54.6 Å². The number of rotatable bonds is 2. The molecule has 2 aromatic carbocycles. The maximum absolute atomic E-state index is 2.54. The van der Waals surface area contributed by atoms with Gasteiger partial charge in [0.2, 0.25) is 0 Å². The lowest BCUT2D eigenvalue weighted by Crippen LogP contribution is -2.35. The molecule has 1 aliphatic carbocycles. The molecule has 0 saturated carbocycles. The minimum absolute atomic E-state index is 0.706. The van der Waals surface area contributed by atoms with Gasteiger partial charge < -0.3 is 4.90 Å². The van der Waals surface area contributed by atoms with Gasteiger partial charge in [0.15, 0.2) is 0 Å². The van der Waals surface area contributed by atoms with Gasteiger partial charge in [-0.2, -0.15) is 0 Å². The molecule has 1 fully saturated rings. The number of likely N-dealkylation sites (tertiary alicyclic amines) is 1. The van der Waals surface area contributed by atoms with Crippen molar-refractivity contribution in [1.82, 2.24) is 4.90 Å². The Morgan fingerprint density at radius 3 is 2.26 bits per heavy atom. The lowest BCUT2D eigenvalue weighted by molar-refractivity contribution is 0.187. The van der Waals surface area contributed by atoms with E-state index in [1.807, 2.05) is 0 Å². The highest BCUT2D eigenvalue weighted by Gasteiger charge is 2.21. The molecule has 4 rings (SSSR count). The van der Waals surface area contributed by atoms with Gasteiger partial charge in [-0.05, 0) is 67.1 Å². The highest BCUT2D eigenvalue weighted by atomic mass is 15.1. The Morgan fingerprint density at radius 1 is 0.957 bits per heavy atom. The maximum Gasteiger partial charge on any atom is 0.0127 e. The second kappa shape index (κ2) is 6.33. The van der Waals surface area contributed by atoms with Crippen LogP contribution in [0.25, 0.3) is 5.57 Å². The van der Waals surface area contributed by atoms with E-state index in [-0.39, 0.29) is 0 Å². The Balaban J connectivity index is 1.71. The van der Waals surface area contributed by atoms with Crippen LogP contribution in [0.5, 0.6) is 0 Å². The highest BCUT2D eigenvalue weighted by molar-refractivity contribution is 5.85. The van der Waals surface area contributed by atoms with Crippen LogP contribution >= 0.6 is 0 Å². The minimum atomic E-state index is 0.706. The van der Waals surface area contributed by atoms with Gasteiger partial charge in [-0.25, -0.2) is 0 Å². The molecule has 118 valence electrons. The molecule has 1 nitrogen and oxygen atoms in total. The third kappa shape index (κ3) is 2.86. The molecule has 0 aromatic heterocycles. The van der Waals surface area contributed by atoms with Gasteiger partial charge >= 0.3 is 0 Å². The molecule has 2 aliphatic rings. The van der Waals surface area contributed by atoms with Gasteiger partial charge in [-0.3, -0.25) is 0 Å². The van der Waals surface area contributed by atoms with E-state index in [9.17, 15) is 0 Å². The SMILES string of the molecule is CN1CCCC[C@@H]1CC=C1c2ccccc2Cc2ccccc21. The van der Waals surface area contributed by atoms with Crippen molar-refractivity contribution >= 4 is 5.57 Å². The van der Waals surface area contributed by atoms with Crippen molar-refractivity contribution in [3.05, 3.63) is 76.9 Å². The predicted molar refractivity (Wildman–Crippen MR) is 97.7 cm³/mol. The van der Waals surface area contributed by atoms with Crippen molar-refractivity contribution in [2.75, 3.05) is 13.6 Å². The van der Waals surface area contributed by atoms with E-state index in [2.05, 4.69) is 66.6 Å². The van der Waals surface area contributed by atoms with Crippen molar-refractivity contribution in [2.24, 2.45) is 0 Å². The number of hydrogen-bond donors (Lipinski definition) is 0. The molecule has 0 amide bonds. The average molecular weight is 303 g/mol. The number of nitrogens with zero attached hydrogens (tertiary/aromatic N) is 1. The van der Waals surface area contributed by atoms with E-state index in [1.165, 1.54) is 53.6 Å². The summed E-state index contributed by atoms with van der Waals surface area (Å²) in [6.45, 7) is 1.25. The lowest BCUT2D eigenvalue weighted by Gasteiger charge is -2.32. The molecule has 0 spiro atoms. The van der Waals surface area contributed by atoms with Crippen LogP contribution in [0.1, 0.15) is 47.9 Å². The van der Waals surface area contributed by atoms with E-state index in [0.717, 1.165) is 12.8 Å². The predicted octanol–water partition coefficient (Wildman–Crippen LogP) is 4.90. The first-order valence-corrected chi connectivity index (χ1v) is 8.90. The van der Waals surface area contributed by atoms with Crippen LogP contribution in [0.2, 0.25) is 0 Å². The number of piperidine rings is 1. The molecule has 1 heterocycles. The topological polar surface area (TPSA) is 3.24 Å². The summed E-state index contributed by atoms with van der Waals surface area (Å²) in [4.78, 5) is 2.54. The van der Waals surface area contributed by atoms with Crippen molar-refractivity contribution < 1.29 is 0 Å². The zero-order valence-electron chi connectivity index (χ0n) is 14.0. The normalized spacial score (nSPS) is 20.7. The van der Waals surface area contributed by atoms with E-state index >= 15 is 0 Å². The summed E-state index contributed by atoms with van der Waals surface area (Å²) in [5.41, 5.74) is 7.25. The molecular weight excluding hydrogens is 278 g/mol. The molecule has 0 radical (unpaired) electrons. The van der Waals surface area contributed by atoms with Crippen LogP contribution in [-0.4, -0.2) is 24.5 Å². The van der Waals surface area contributed by atoms with Gasteiger partial charge in [0, 0.05) is 6.04 Å². The highest BCUT2D eigenvalue weighted by Crippen LogP contribution is 2.36. The first-order valence-electron chi connectivity index (χ1n) is 8.90.